The Balaban J connectivity index is 1.54. The number of anilines is 2. The summed E-state index contributed by atoms with van der Waals surface area (Å²) in [5, 5.41) is 7.13. The molecule has 1 heterocycles. The van der Waals surface area contributed by atoms with Crippen LogP contribution in [0.5, 0.6) is 0 Å². The predicted molar refractivity (Wildman–Crippen MR) is 117 cm³/mol. The molecule has 158 valence electrons. The van der Waals surface area contributed by atoms with Gasteiger partial charge in [0.05, 0.1) is 10.4 Å². The summed E-state index contributed by atoms with van der Waals surface area (Å²) in [7, 11) is 0. The average molecular weight is 437 g/mol. The Kier molecular flexibility index (Phi) is 6.78. The molecule has 1 unspecified atom stereocenters. The molecule has 3 rings (SSSR count). The number of amides is 3. The molecule has 1 atom stereocenters. The lowest BCUT2D eigenvalue weighted by atomic mass is 10.2. The molecule has 8 nitrogen and oxygen atoms in total. The quantitative estimate of drug-likeness (QED) is 0.489. The van der Waals surface area contributed by atoms with E-state index < -0.39 is 23.9 Å². The van der Waals surface area contributed by atoms with Gasteiger partial charge in [-0.15, -0.1) is 11.3 Å². The molecule has 0 spiro atoms. The highest BCUT2D eigenvalue weighted by Crippen LogP contribution is 2.16. The second-order valence-corrected chi connectivity index (χ2v) is 7.43. The van der Waals surface area contributed by atoms with Crippen molar-refractivity contribution in [1.29, 1.82) is 0 Å². The van der Waals surface area contributed by atoms with Crippen LogP contribution in [0.1, 0.15) is 37.3 Å². The smallest absolute Gasteiger partial charge is 0.338 e. The molecule has 0 radical (unpaired) electrons. The fourth-order valence-corrected chi connectivity index (χ4v) is 3.15. The molecule has 0 saturated carbocycles. The van der Waals surface area contributed by atoms with Gasteiger partial charge in [-0.05, 0) is 66.9 Å². The van der Waals surface area contributed by atoms with Gasteiger partial charge < -0.3 is 21.1 Å². The van der Waals surface area contributed by atoms with Gasteiger partial charge in [-0.1, -0.05) is 6.07 Å². The Morgan fingerprint density at radius 2 is 1.45 bits per heavy atom. The number of ether oxygens (including phenoxy) is 1. The Hall–Kier alpha value is -3.98. The number of esters is 1. The van der Waals surface area contributed by atoms with E-state index in [4.69, 9.17) is 10.5 Å². The zero-order valence-electron chi connectivity index (χ0n) is 16.5. The van der Waals surface area contributed by atoms with Crippen LogP contribution in [0.15, 0.2) is 66.0 Å². The van der Waals surface area contributed by atoms with E-state index >= 15 is 0 Å². The number of benzene rings is 2. The van der Waals surface area contributed by atoms with Crippen LogP contribution in [0.2, 0.25) is 0 Å². The first-order valence-electron chi connectivity index (χ1n) is 9.20. The van der Waals surface area contributed by atoms with E-state index in [-0.39, 0.29) is 11.5 Å². The number of primary amides is 1. The van der Waals surface area contributed by atoms with Crippen LogP contribution < -0.4 is 16.4 Å². The lowest BCUT2D eigenvalue weighted by Crippen LogP contribution is -2.30. The predicted octanol–water partition coefficient (Wildman–Crippen LogP) is 3.28. The molecule has 4 N–H and O–H groups in total. The van der Waals surface area contributed by atoms with Crippen molar-refractivity contribution < 1.29 is 23.9 Å². The van der Waals surface area contributed by atoms with Gasteiger partial charge >= 0.3 is 5.97 Å². The van der Waals surface area contributed by atoms with Crippen molar-refractivity contribution in [2.45, 2.75) is 13.0 Å². The van der Waals surface area contributed by atoms with Crippen LogP contribution in [-0.2, 0) is 9.53 Å². The van der Waals surface area contributed by atoms with E-state index in [1.165, 1.54) is 54.7 Å². The Morgan fingerprint density at radius 1 is 0.871 bits per heavy atom. The summed E-state index contributed by atoms with van der Waals surface area (Å²) in [6, 6.07) is 15.7. The number of rotatable bonds is 7. The normalized spacial score (nSPS) is 11.3. The molecule has 3 aromatic rings. The molecule has 1 aromatic heterocycles. The number of thiophene rings is 1. The summed E-state index contributed by atoms with van der Waals surface area (Å²) in [4.78, 5) is 48.3. The minimum absolute atomic E-state index is 0.236. The molecular weight excluding hydrogens is 418 g/mol. The zero-order chi connectivity index (χ0) is 22.4. The lowest BCUT2D eigenvalue weighted by molar-refractivity contribution is -0.123. The maximum atomic E-state index is 12.3. The number of hydrogen-bond acceptors (Lipinski definition) is 6. The molecule has 0 bridgehead atoms. The van der Waals surface area contributed by atoms with Crippen LogP contribution in [0.3, 0.4) is 0 Å². The number of hydrogen-bond donors (Lipinski definition) is 3. The van der Waals surface area contributed by atoms with Crippen molar-refractivity contribution in [3.8, 4) is 0 Å². The van der Waals surface area contributed by atoms with E-state index in [9.17, 15) is 19.2 Å². The van der Waals surface area contributed by atoms with Crippen molar-refractivity contribution in [2.24, 2.45) is 5.73 Å². The molecule has 0 aliphatic heterocycles. The average Bonchev–Trinajstić information content (AvgIpc) is 3.29. The summed E-state index contributed by atoms with van der Waals surface area (Å²) in [6.45, 7) is 1.45. The number of carbonyl (C=O) groups is 4. The van der Waals surface area contributed by atoms with E-state index in [2.05, 4.69) is 10.6 Å². The lowest BCUT2D eigenvalue weighted by Gasteiger charge is -2.14. The SMILES string of the molecule is CC(OC(=O)c1ccc(NC(=O)c2cccs2)cc1)C(=O)Nc1ccc(C(N)=O)cc1. The van der Waals surface area contributed by atoms with Crippen LogP contribution in [0.4, 0.5) is 11.4 Å². The first-order chi connectivity index (χ1) is 14.8. The first-order valence-corrected chi connectivity index (χ1v) is 10.1. The molecule has 0 fully saturated rings. The second-order valence-electron chi connectivity index (χ2n) is 6.49. The van der Waals surface area contributed by atoms with E-state index in [0.29, 0.717) is 21.8 Å². The van der Waals surface area contributed by atoms with Crippen LogP contribution in [-0.4, -0.2) is 29.8 Å². The van der Waals surface area contributed by atoms with Gasteiger partial charge in [-0.25, -0.2) is 4.79 Å². The van der Waals surface area contributed by atoms with Crippen molar-refractivity contribution in [3.63, 3.8) is 0 Å². The maximum Gasteiger partial charge on any atom is 0.338 e. The van der Waals surface area contributed by atoms with Crippen molar-refractivity contribution in [2.75, 3.05) is 10.6 Å². The second kappa shape index (κ2) is 9.68. The zero-order valence-corrected chi connectivity index (χ0v) is 17.3. The largest absolute Gasteiger partial charge is 0.449 e. The molecule has 0 aliphatic carbocycles. The van der Waals surface area contributed by atoms with Gasteiger partial charge in [0.25, 0.3) is 11.8 Å². The minimum atomic E-state index is -1.05. The van der Waals surface area contributed by atoms with Gasteiger partial charge in [-0.3, -0.25) is 14.4 Å². The van der Waals surface area contributed by atoms with E-state index in [0.717, 1.165) is 0 Å². The summed E-state index contributed by atoms with van der Waals surface area (Å²) in [5.41, 5.74) is 6.68. The van der Waals surface area contributed by atoms with Gasteiger partial charge in [0.2, 0.25) is 5.91 Å². The Bertz CT molecular complexity index is 1090. The molecule has 31 heavy (non-hydrogen) atoms. The third-order valence-corrected chi connectivity index (χ3v) is 5.08. The Labute approximate surface area is 182 Å². The molecule has 9 heteroatoms. The van der Waals surface area contributed by atoms with Crippen molar-refractivity contribution >= 4 is 46.4 Å². The van der Waals surface area contributed by atoms with E-state index in [1.54, 1.807) is 24.3 Å². The van der Waals surface area contributed by atoms with Crippen molar-refractivity contribution in [1.82, 2.24) is 0 Å². The maximum absolute atomic E-state index is 12.3. The monoisotopic (exact) mass is 437 g/mol. The molecular formula is C22H19N3O5S. The number of carbonyl (C=O) groups excluding carboxylic acids is 4. The number of nitrogens with two attached hydrogens (primary N) is 1. The molecule has 0 saturated heterocycles. The first kappa shape index (κ1) is 21.7. The van der Waals surface area contributed by atoms with Crippen LogP contribution >= 0.6 is 11.3 Å². The molecule has 3 amide bonds. The topological polar surface area (TPSA) is 128 Å². The van der Waals surface area contributed by atoms with Gasteiger partial charge in [0.15, 0.2) is 6.10 Å². The third-order valence-electron chi connectivity index (χ3n) is 4.21. The molecule has 0 aliphatic rings. The summed E-state index contributed by atoms with van der Waals surface area (Å²) in [6.07, 6.45) is -1.05. The fraction of sp³-hybridized carbons (Fsp3) is 0.0909. The van der Waals surface area contributed by atoms with Gasteiger partial charge in [0, 0.05) is 16.9 Å². The standard InChI is InChI=1S/C22H19N3O5S/c1-13(20(27)24-16-8-4-14(5-9-16)19(23)26)30-22(29)15-6-10-17(11-7-15)25-21(28)18-3-2-12-31-18/h2-13H,1H3,(H2,23,26)(H,24,27)(H,25,28). The van der Waals surface area contributed by atoms with Crippen LogP contribution in [0, 0.1) is 0 Å². The minimum Gasteiger partial charge on any atom is -0.449 e. The summed E-state index contributed by atoms with van der Waals surface area (Å²) < 4.78 is 5.20. The van der Waals surface area contributed by atoms with Gasteiger partial charge in [0.1, 0.15) is 0 Å². The number of nitrogens with one attached hydrogen (secondary N) is 2. The highest BCUT2D eigenvalue weighted by molar-refractivity contribution is 7.12. The summed E-state index contributed by atoms with van der Waals surface area (Å²) in [5.74, 6) is -2.01. The fourth-order valence-electron chi connectivity index (χ4n) is 2.53. The van der Waals surface area contributed by atoms with Gasteiger partial charge in [-0.2, -0.15) is 0 Å². The summed E-state index contributed by atoms with van der Waals surface area (Å²) >= 11 is 1.33. The van der Waals surface area contributed by atoms with E-state index in [1.807, 2.05) is 5.38 Å². The highest BCUT2D eigenvalue weighted by Gasteiger charge is 2.19. The van der Waals surface area contributed by atoms with Crippen molar-refractivity contribution in [3.05, 3.63) is 82.0 Å². The Morgan fingerprint density at radius 3 is 2.00 bits per heavy atom. The molecule has 2 aromatic carbocycles. The van der Waals surface area contributed by atoms with Crippen LogP contribution in [0.25, 0.3) is 0 Å². The highest BCUT2D eigenvalue weighted by atomic mass is 32.1. The third kappa shape index (κ3) is 5.77.